The number of carboxylic acid groups (broad SMARTS) is 1. The number of nitrogens with zero attached hydrogens (tertiary/aromatic N) is 1. The van der Waals surface area contributed by atoms with Crippen LogP contribution < -0.4 is 4.90 Å². The fraction of sp³-hybridized carbons (Fsp3) is 0.267. The largest absolute Gasteiger partial charge is 0.478 e. The molecule has 0 aliphatic heterocycles. The Balaban J connectivity index is 1.89. The minimum Gasteiger partial charge on any atom is -0.478 e. The Labute approximate surface area is 120 Å². The highest BCUT2D eigenvalue weighted by molar-refractivity contribution is 7.07. The summed E-state index contributed by atoms with van der Waals surface area (Å²) in [7, 11) is 0. The van der Waals surface area contributed by atoms with Crippen LogP contribution in [0.25, 0.3) is 0 Å². The predicted molar refractivity (Wildman–Crippen MR) is 76.9 cm³/mol. The summed E-state index contributed by atoms with van der Waals surface area (Å²) < 4.78 is 14.2. The Morgan fingerprint density at radius 3 is 2.75 bits per heavy atom. The first-order valence-corrected chi connectivity index (χ1v) is 7.40. The maximum Gasteiger partial charge on any atom is 0.335 e. The second-order valence-electron chi connectivity index (χ2n) is 4.96. The Kier molecular flexibility index (Phi) is 3.44. The number of carbonyl (C=O) groups is 1. The number of rotatable bonds is 5. The van der Waals surface area contributed by atoms with Gasteiger partial charge < -0.3 is 10.0 Å². The fourth-order valence-corrected chi connectivity index (χ4v) is 2.91. The lowest BCUT2D eigenvalue weighted by Gasteiger charge is -2.25. The third-order valence-electron chi connectivity index (χ3n) is 3.42. The standard InChI is InChI=1S/C15H14FNO2S/c16-13-7-11(15(18)19)1-4-14(13)17(12-2-3-12)8-10-5-6-20-9-10/h1,4-7,9,12H,2-3,8H2,(H,18,19). The van der Waals surface area contributed by atoms with Crippen molar-refractivity contribution in [3.63, 3.8) is 0 Å². The summed E-state index contributed by atoms with van der Waals surface area (Å²) in [6, 6.07) is 6.53. The number of anilines is 1. The second kappa shape index (κ2) is 5.25. The highest BCUT2D eigenvalue weighted by Crippen LogP contribution is 2.35. The molecule has 3 nitrogen and oxygen atoms in total. The summed E-state index contributed by atoms with van der Waals surface area (Å²) >= 11 is 1.62. The molecular formula is C15H14FNO2S. The molecule has 0 amide bonds. The smallest absolute Gasteiger partial charge is 0.335 e. The lowest BCUT2D eigenvalue weighted by atomic mass is 10.1. The van der Waals surface area contributed by atoms with Crippen LogP contribution in [0.15, 0.2) is 35.0 Å². The first kappa shape index (κ1) is 13.1. The number of hydrogen-bond acceptors (Lipinski definition) is 3. The number of aromatic carboxylic acids is 1. The van der Waals surface area contributed by atoms with Crippen molar-refractivity contribution in [2.24, 2.45) is 0 Å². The van der Waals surface area contributed by atoms with Crippen LogP contribution in [0.4, 0.5) is 10.1 Å². The average Bonchev–Trinajstić information content (AvgIpc) is 3.14. The predicted octanol–water partition coefficient (Wildman–Crippen LogP) is 3.75. The monoisotopic (exact) mass is 291 g/mol. The first-order valence-electron chi connectivity index (χ1n) is 6.45. The van der Waals surface area contributed by atoms with Crippen LogP contribution in [0, 0.1) is 5.82 Å². The van der Waals surface area contributed by atoms with Crippen LogP contribution >= 0.6 is 11.3 Å². The molecule has 1 aromatic carbocycles. The number of benzene rings is 1. The van der Waals surface area contributed by atoms with Gasteiger partial charge in [0, 0.05) is 12.6 Å². The summed E-state index contributed by atoms with van der Waals surface area (Å²) in [6.45, 7) is 0.664. The second-order valence-corrected chi connectivity index (χ2v) is 5.74. The van der Waals surface area contributed by atoms with Gasteiger partial charge in [-0.15, -0.1) is 0 Å². The summed E-state index contributed by atoms with van der Waals surface area (Å²) in [5.74, 6) is -1.57. The molecule has 5 heteroatoms. The van der Waals surface area contributed by atoms with Crippen molar-refractivity contribution in [1.82, 2.24) is 0 Å². The third kappa shape index (κ3) is 2.67. The van der Waals surface area contributed by atoms with Gasteiger partial charge in [-0.2, -0.15) is 11.3 Å². The Hall–Kier alpha value is -1.88. The molecule has 104 valence electrons. The number of carboxylic acids is 1. The molecule has 1 fully saturated rings. The number of thiophene rings is 1. The molecular weight excluding hydrogens is 277 g/mol. The molecule has 20 heavy (non-hydrogen) atoms. The Morgan fingerprint density at radius 1 is 1.40 bits per heavy atom. The molecule has 1 saturated carbocycles. The molecule has 1 heterocycles. The molecule has 0 radical (unpaired) electrons. The summed E-state index contributed by atoms with van der Waals surface area (Å²) in [5.41, 5.74) is 1.63. The lowest BCUT2D eigenvalue weighted by Crippen LogP contribution is -2.25. The molecule has 0 atom stereocenters. The third-order valence-corrected chi connectivity index (χ3v) is 4.16. The Bertz CT molecular complexity index is 623. The van der Waals surface area contributed by atoms with E-state index in [-0.39, 0.29) is 5.56 Å². The minimum absolute atomic E-state index is 0.0162. The molecule has 0 bridgehead atoms. The summed E-state index contributed by atoms with van der Waals surface area (Å²) in [6.07, 6.45) is 2.12. The van der Waals surface area contributed by atoms with Gasteiger partial charge in [0.1, 0.15) is 5.82 Å². The lowest BCUT2D eigenvalue weighted by molar-refractivity contribution is 0.0696. The van der Waals surface area contributed by atoms with Gasteiger partial charge in [-0.05, 0) is 53.4 Å². The van der Waals surface area contributed by atoms with Crippen LogP contribution in [0.2, 0.25) is 0 Å². The number of halogens is 1. The van der Waals surface area contributed by atoms with Crippen LogP contribution in [0.1, 0.15) is 28.8 Å². The maximum absolute atomic E-state index is 14.2. The van der Waals surface area contributed by atoms with E-state index in [1.807, 2.05) is 16.3 Å². The zero-order valence-corrected chi connectivity index (χ0v) is 11.6. The van der Waals surface area contributed by atoms with Crippen molar-refractivity contribution in [3.05, 3.63) is 52.0 Å². The zero-order valence-electron chi connectivity index (χ0n) is 10.8. The first-order chi connectivity index (χ1) is 9.65. The van der Waals surface area contributed by atoms with Gasteiger partial charge in [0.15, 0.2) is 0 Å². The van der Waals surface area contributed by atoms with Crippen molar-refractivity contribution in [3.8, 4) is 0 Å². The average molecular weight is 291 g/mol. The molecule has 3 rings (SSSR count). The molecule has 0 unspecified atom stereocenters. The quantitative estimate of drug-likeness (QED) is 0.912. The highest BCUT2D eigenvalue weighted by Gasteiger charge is 2.31. The van der Waals surface area contributed by atoms with Crippen molar-refractivity contribution in [2.75, 3.05) is 4.90 Å². The SMILES string of the molecule is O=C(O)c1ccc(N(Cc2ccsc2)C2CC2)c(F)c1. The molecule has 1 aliphatic carbocycles. The fourth-order valence-electron chi connectivity index (χ4n) is 2.25. The maximum atomic E-state index is 14.2. The van der Waals surface area contributed by atoms with Crippen LogP contribution in [0.3, 0.4) is 0 Å². The minimum atomic E-state index is -1.11. The van der Waals surface area contributed by atoms with Gasteiger partial charge in [0.05, 0.1) is 11.3 Å². The molecule has 0 saturated heterocycles. The van der Waals surface area contributed by atoms with Gasteiger partial charge in [-0.25, -0.2) is 9.18 Å². The van der Waals surface area contributed by atoms with Crippen LogP contribution in [-0.4, -0.2) is 17.1 Å². The van der Waals surface area contributed by atoms with E-state index < -0.39 is 11.8 Å². The normalized spacial score (nSPS) is 14.2. The van der Waals surface area contributed by atoms with E-state index in [1.54, 1.807) is 17.4 Å². The Morgan fingerprint density at radius 2 is 2.20 bits per heavy atom. The molecule has 2 aromatic rings. The molecule has 1 N–H and O–H groups in total. The highest BCUT2D eigenvalue weighted by atomic mass is 32.1. The zero-order chi connectivity index (χ0) is 14.1. The van der Waals surface area contributed by atoms with Crippen LogP contribution in [0.5, 0.6) is 0 Å². The van der Waals surface area contributed by atoms with Gasteiger partial charge >= 0.3 is 5.97 Å². The van der Waals surface area contributed by atoms with Crippen molar-refractivity contribution in [2.45, 2.75) is 25.4 Å². The van der Waals surface area contributed by atoms with Gasteiger partial charge in [0.2, 0.25) is 0 Å². The van der Waals surface area contributed by atoms with Gasteiger partial charge in [-0.3, -0.25) is 0 Å². The van der Waals surface area contributed by atoms with Gasteiger partial charge in [-0.1, -0.05) is 0 Å². The molecule has 1 aliphatic rings. The molecule has 0 spiro atoms. The van der Waals surface area contributed by atoms with Crippen molar-refractivity contribution in [1.29, 1.82) is 0 Å². The van der Waals surface area contributed by atoms with E-state index in [1.165, 1.54) is 6.07 Å². The van der Waals surface area contributed by atoms with E-state index in [0.717, 1.165) is 24.5 Å². The van der Waals surface area contributed by atoms with Crippen LogP contribution in [-0.2, 0) is 6.54 Å². The van der Waals surface area contributed by atoms with Crippen molar-refractivity contribution < 1.29 is 14.3 Å². The van der Waals surface area contributed by atoms with E-state index in [9.17, 15) is 9.18 Å². The molecule has 1 aromatic heterocycles. The van der Waals surface area contributed by atoms with E-state index in [2.05, 4.69) is 5.38 Å². The van der Waals surface area contributed by atoms with Crippen molar-refractivity contribution >= 4 is 23.0 Å². The summed E-state index contributed by atoms with van der Waals surface area (Å²) in [4.78, 5) is 12.9. The van der Waals surface area contributed by atoms with E-state index in [4.69, 9.17) is 5.11 Å². The number of hydrogen-bond donors (Lipinski definition) is 1. The topological polar surface area (TPSA) is 40.5 Å². The summed E-state index contributed by atoms with van der Waals surface area (Å²) in [5, 5.41) is 12.9. The van der Waals surface area contributed by atoms with E-state index >= 15 is 0 Å². The van der Waals surface area contributed by atoms with Gasteiger partial charge in [0.25, 0.3) is 0 Å². The van der Waals surface area contributed by atoms with E-state index in [0.29, 0.717) is 18.3 Å².